The first-order valence-corrected chi connectivity index (χ1v) is 8.39. The third-order valence-corrected chi connectivity index (χ3v) is 4.19. The van der Waals surface area contributed by atoms with E-state index in [0.717, 1.165) is 31.6 Å². The molecule has 0 saturated heterocycles. The average Bonchev–Trinajstić information content (AvgIpc) is 2.58. The number of benzene rings is 1. The van der Waals surface area contributed by atoms with Gasteiger partial charge in [-0.05, 0) is 30.2 Å². The van der Waals surface area contributed by atoms with Crippen LogP contribution in [0.4, 0.5) is 0 Å². The van der Waals surface area contributed by atoms with Crippen LogP contribution in [-0.2, 0) is 11.8 Å². The first kappa shape index (κ1) is 16.4. The largest absolute Gasteiger partial charge is 0.493 e. The Hall–Kier alpha value is -1.02. The van der Waals surface area contributed by atoms with Crippen LogP contribution >= 0.6 is 0 Å². The van der Waals surface area contributed by atoms with Gasteiger partial charge in [0.05, 0.1) is 6.61 Å². The SMILES string of the molecule is CCc1cc2c(c(C(C)(C)C)c1)OCCCC2NC(C)C. The molecular formula is C19H31NO. The number of aryl methyl sites for hydroxylation is 1. The molecule has 1 aliphatic rings. The highest BCUT2D eigenvalue weighted by atomic mass is 16.5. The number of fused-ring (bicyclic) bond motifs is 1. The maximum atomic E-state index is 6.18. The molecule has 1 aromatic carbocycles. The molecule has 0 bridgehead atoms. The molecule has 0 aromatic heterocycles. The van der Waals surface area contributed by atoms with Crippen LogP contribution in [0, 0.1) is 0 Å². The lowest BCUT2D eigenvalue weighted by molar-refractivity contribution is 0.306. The van der Waals surface area contributed by atoms with Gasteiger partial charge in [0.1, 0.15) is 5.75 Å². The summed E-state index contributed by atoms with van der Waals surface area (Å²) in [5, 5.41) is 3.73. The summed E-state index contributed by atoms with van der Waals surface area (Å²) in [6, 6.07) is 5.60. The number of hydrogen-bond acceptors (Lipinski definition) is 2. The molecule has 21 heavy (non-hydrogen) atoms. The fraction of sp³-hybridized carbons (Fsp3) is 0.684. The lowest BCUT2D eigenvalue weighted by atomic mass is 9.82. The molecular weight excluding hydrogens is 258 g/mol. The predicted octanol–water partition coefficient (Wildman–Crippen LogP) is 4.76. The highest BCUT2D eigenvalue weighted by Crippen LogP contribution is 2.41. The lowest BCUT2D eigenvalue weighted by Gasteiger charge is -2.28. The van der Waals surface area contributed by atoms with E-state index in [9.17, 15) is 0 Å². The smallest absolute Gasteiger partial charge is 0.127 e. The Morgan fingerprint density at radius 3 is 2.57 bits per heavy atom. The maximum Gasteiger partial charge on any atom is 0.127 e. The molecule has 0 aliphatic carbocycles. The third-order valence-electron chi connectivity index (χ3n) is 4.19. The summed E-state index contributed by atoms with van der Waals surface area (Å²) < 4.78 is 6.18. The standard InChI is InChI=1S/C19H31NO/c1-7-14-11-15-17(20-13(2)3)9-8-10-21-18(15)16(12-14)19(4,5)6/h11-13,17,20H,7-10H2,1-6H3. The van der Waals surface area contributed by atoms with Crippen LogP contribution in [0.25, 0.3) is 0 Å². The monoisotopic (exact) mass is 289 g/mol. The van der Waals surface area contributed by atoms with Gasteiger partial charge in [0.2, 0.25) is 0 Å². The Balaban J connectivity index is 2.56. The van der Waals surface area contributed by atoms with E-state index < -0.39 is 0 Å². The summed E-state index contributed by atoms with van der Waals surface area (Å²) in [7, 11) is 0. The van der Waals surface area contributed by atoms with Crippen molar-refractivity contribution >= 4 is 0 Å². The zero-order valence-electron chi connectivity index (χ0n) is 14.5. The van der Waals surface area contributed by atoms with Crippen molar-refractivity contribution in [1.82, 2.24) is 5.32 Å². The van der Waals surface area contributed by atoms with Crippen LogP contribution < -0.4 is 10.1 Å². The van der Waals surface area contributed by atoms with Gasteiger partial charge in [-0.1, -0.05) is 53.7 Å². The summed E-state index contributed by atoms with van der Waals surface area (Å²) >= 11 is 0. The van der Waals surface area contributed by atoms with Gasteiger partial charge >= 0.3 is 0 Å². The lowest BCUT2D eigenvalue weighted by Crippen LogP contribution is -2.28. The van der Waals surface area contributed by atoms with E-state index in [-0.39, 0.29) is 5.41 Å². The second-order valence-electron chi connectivity index (χ2n) is 7.53. The van der Waals surface area contributed by atoms with Gasteiger partial charge < -0.3 is 10.1 Å². The first-order valence-electron chi connectivity index (χ1n) is 8.39. The zero-order chi connectivity index (χ0) is 15.6. The molecule has 0 spiro atoms. The summed E-state index contributed by atoms with van der Waals surface area (Å²) in [5.41, 5.74) is 4.25. The van der Waals surface area contributed by atoms with Gasteiger partial charge in [-0.15, -0.1) is 0 Å². The molecule has 1 aromatic rings. The molecule has 2 nitrogen and oxygen atoms in total. The van der Waals surface area contributed by atoms with Crippen molar-refractivity contribution in [3.63, 3.8) is 0 Å². The third kappa shape index (κ3) is 3.79. The Bertz CT molecular complexity index is 485. The second kappa shape index (κ2) is 6.39. The fourth-order valence-corrected chi connectivity index (χ4v) is 3.09. The molecule has 1 atom stereocenters. The Labute approximate surface area is 130 Å². The summed E-state index contributed by atoms with van der Waals surface area (Å²) in [5.74, 6) is 1.13. The highest BCUT2D eigenvalue weighted by Gasteiger charge is 2.28. The summed E-state index contributed by atoms with van der Waals surface area (Å²) in [6.45, 7) is 14.3. The van der Waals surface area contributed by atoms with Crippen molar-refractivity contribution in [3.8, 4) is 5.75 Å². The molecule has 0 amide bonds. The van der Waals surface area contributed by atoms with Gasteiger partial charge in [0.15, 0.2) is 0 Å². The molecule has 1 unspecified atom stereocenters. The van der Waals surface area contributed by atoms with E-state index in [1.807, 2.05) is 0 Å². The van der Waals surface area contributed by atoms with E-state index in [2.05, 4.69) is 59.0 Å². The van der Waals surface area contributed by atoms with Gasteiger partial charge in [0.25, 0.3) is 0 Å². The van der Waals surface area contributed by atoms with Gasteiger partial charge in [-0.25, -0.2) is 0 Å². The van der Waals surface area contributed by atoms with E-state index >= 15 is 0 Å². The minimum Gasteiger partial charge on any atom is -0.493 e. The van der Waals surface area contributed by atoms with Crippen LogP contribution in [0.5, 0.6) is 5.75 Å². The minimum absolute atomic E-state index is 0.113. The fourth-order valence-electron chi connectivity index (χ4n) is 3.09. The van der Waals surface area contributed by atoms with Crippen molar-refractivity contribution in [2.75, 3.05) is 6.61 Å². The second-order valence-corrected chi connectivity index (χ2v) is 7.53. The van der Waals surface area contributed by atoms with E-state index in [0.29, 0.717) is 12.1 Å². The normalized spacial score (nSPS) is 19.1. The van der Waals surface area contributed by atoms with Crippen LogP contribution in [0.2, 0.25) is 0 Å². The molecule has 2 heteroatoms. The Kier molecular flexibility index (Phi) is 4.98. The molecule has 1 N–H and O–H groups in total. The Morgan fingerprint density at radius 1 is 1.29 bits per heavy atom. The average molecular weight is 289 g/mol. The molecule has 0 saturated carbocycles. The van der Waals surface area contributed by atoms with Crippen molar-refractivity contribution in [1.29, 1.82) is 0 Å². The Morgan fingerprint density at radius 2 is 2.00 bits per heavy atom. The van der Waals surface area contributed by atoms with E-state index in [1.54, 1.807) is 0 Å². The molecule has 118 valence electrons. The molecule has 0 fully saturated rings. The van der Waals surface area contributed by atoms with E-state index in [4.69, 9.17) is 4.74 Å². The summed E-state index contributed by atoms with van der Waals surface area (Å²) in [4.78, 5) is 0. The van der Waals surface area contributed by atoms with Crippen LogP contribution in [0.15, 0.2) is 12.1 Å². The maximum absolute atomic E-state index is 6.18. The predicted molar refractivity (Wildman–Crippen MR) is 90.3 cm³/mol. The van der Waals surface area contributed by atoms with Crippen molar-refractivity contribution in [3.05, 3.63) is 28.8 Å². The number of rotatable bonds is 3. The van der Waals surface area contributed by atoms with Gasteiger partial charge in [-0.3, -0.25) is 0 Å². The number of nitrogens with one attached hydrogen (secondary N) is 1. The molecule has 2 rings (SSSR count). The highest BCUT2D eigenvalue weighted by molar-refractivity contribution is 5.50. The number of ether oxygens (including phenoxy) is 1. The number of hydrogen-bond donors (Lipinski definition) is 1. The molecule has 0 radical (unpaired) electrons. The van der Waals surface area contributed by atoms with E-state index in [1.165, 1.54) is 16.7 Å². The van der Waals surface area contributed by atoms with Gasteiger partial charge in [-0.2, -0.15) is 0 Å². The van der Waals surface area contributed by atoms with Crippen LogP contribution in [0.3, 0.4) is 0 Å². The summed E-state index contributed by atoms with van der Waals surface area (Å²) in [6.07, 6.45) is 3.34. The van der Waals surface area contributed by atoms with Crippen molar-refractivity contribution in [2.45, 2.75) is 78.3 Å². The van der Waals surface area contributed by atoms with Gasteiger partial charge in [0, 0.05) is 23.2 Å². The molecule has 1 aliphatic heterocycles. The molecule has 1 heterocycles. The topological polar surface area (TPSA) is 21.3 Å². The van der Waals surface area contributed by atoms with Crippen molar-refractivity contribution in [2.24, 2.45) is 0 Å². The van der Waals surface area contributed by atoms with Crippen LogP contribution in [-0.4, -0.2) is 12.6 Å². The quantitative estimate of drug-likeness (QED) is 0.866. The van der Waals surface area contributed by atoms with Crippen molar-refractivity contribution < 1.29 is 4.74 Å². The zero-order valence-corrected chi connectivity index (χ0v) is 14.5. The first-order chi connectivity index (χ1) is 9.82. The minimum atomic E-state index is 0.113. The van der Waals surface area contributed by atoms with Crippen LogP contribution in [0.1, 0.15) is 77.1 Å².